The predicted molar refractivity (Wildman–Crippen MR) is 67.2 cm³/mol. The van der Waals surface area contributed by atoms with E-state index in [1.807, 2.05) is 0 Å². The first-order valence-electron chi connectivity index (χ1n) is 5.07. The SMILES string of the molecule is CC(=O)OC(=O)CCOc1ccc([N+](=O)[O-])cc1.Cl. The van der Waals surface area contributed by atoms with E-state index in [2.05, 4.69) is 4.74 Å². The molecule has 0 heterocycles. The van der Waals surface area contributed by atoms with E-state index in [0.717, 1.165) is 6.92 Å². The van der Waals surface area contributed by atoms with Gasteiger partial charge >= 0.3 is 11.9 Å². The fourth-order valence-electron chi connectivity index (χ4n) is 1.13. The minimum absolute atomic E-state index is 0. The second-order valence-corrected chi connectivity index (χ2v) is 3.32. The van der Waals surface area contributed by atoms with Crippen molar-refractivity contribution in [2.24, 2.45) is 0 Å². The largest absolute Gasteiger partial charge is 0.493 e. The molecule has 0 spiro atoms. The first kappa shape index (κ1) is 16.9. The number of hydrogen-bond acceptors (Lipinski definition) is 6. The number of carbonyl (C=O) groups excluding carboxylic acids is 2. The van der Waals surface area contributed by atoms with Gasteiger partial charge < -0.3 is 9.47 Å². The van der Waals surface area contributed by atoms with E-state index in [-0.39, 0.29) is 31.1 Å². The maximum Gasteiger partial charge on any atom is 0.316 e. The van der Waals surface area contributed by atoms with Gasteiger partial charge in [0.25, 0.3) is 5.69 Å². The molecule has 0 radical (unpaired) electrons. The van der Waals surface area contributed by atoms with E-state index in [4.69, 9.17) is 4.74 Å². The molecule has 0 unspecified atom stereocenters. The molecule has 0 N–H and O–H groups in total. The lowest BCUT2D eigenvalue weighted by Gasteiger charge is -2.04. The van der Waals surface area contributed by atoms with E-state index in [1.165, 1.54) is 24.3 Å². The third-order valence-corrected chi connectivity index (χ3v) is 1.88. The number of rotatable bonds is 5. The zero-order valence-electron chi connectivity index (χ0n) is 10.0. The highest BCUT2D eigenvalue weighted by Gasteiger charge is 2.07. The molecule has 0 aliphatic rings. The second-order valence-electron chi connectivity index (χ2n) is 3.32. The molecule has 0 aliphatic heterocycles. The lowest BCUT2D eigenvalue weighted by Crippen LogP contribution is -2.12. The molecular weight excluding hydrogens is 278 g/mol. The summed E-state index contributed by atoms with van der Waals surface area (Å²) in [6.45, 7) is 1.17. The van der Waals surface area contributed by atoms with Crippen LogP contribution in [-0.4, -0.2) is 23.5 Å². The highest BCUT2D eigenvalue weighted by Crippen LogP contribution is 2.17. The van der Waals surface area contributed by atoms with Gasteiger partial charge in [-0.25, -0.2) is 0 Å². The van der Waals surface area contributed by atoms with Crippen molar-refractivity contribution in [3.8, 4) is 5.75 Å². The van der Waals surface area contributed by atoms with Crippen molar-refractivity contribution < 1.29 is 24.0 Å². The molecule has 0 bridgehead atoms. The summed E-state index contributed by atoms with van der Waals surface area (Å²) in [7, 11) is 0. The average molecular weight is 290 g/mol. The number of benzene rings is 1. The number of nitro groups is 1. The standard InChI is InChI=1S/C11H11NO6.ClH/c1-8(13)18-11(14)6-7-17-10-4-2-9(3-5-10)12(15)16;/h2-5H,6-7H2,1H3;1H. The molecule has 1 aromatic rings. The van der Waals surface area contributed by atoms with Crippen molar-refractivity contribution in [1.29, 1.82) is 0 Å². The van der Waals surface area contributed by atoms with Crippen LogP contribution in [0, 0.1) is 10.1 Å². The van der Waals surface area contributed by atoms with Crippen LogP contribution >= 0.6 is 12.4 Å². The van der Waals surface area contributed by atoms with E-state index in [9.17, 15) is 19.7 Å². The van der Waals surface area contributed by atoms with Crippen LogP contribution in [0.25, 0.3) is 0 Å². The van der Waals surface area contributed by atoms with Gasteiger partial charge in [-0.05, 0) is 12.1 Å². The van der Waals surface area contributed by atoms with Crippen molar-refractivity contribution in [2.75, 3.05) is 6.61 Å². The van der Waals surface area contributed by atoms with E-state index >= 15 is 0 Å². The topological polar surface area (TPSA) is 95.7 Å². The molecule has 0 saturated heterocycles. The Morgan fingerprint density at radius 1 is 1.26 bits per heavy atom. The molecule has 1 aromatic carbocycles. The minimum atomic E-state index is -0.676. The number of non-ortho nitro benzene ring substituents is 1. The zero-order chi connectivity index (χ0) is 13.5. The summed E-state index contributed by atoms with van der Waals surface area (Å²) in [5, 5.41) is 10.4. The number of nitro benzene ring substituents is 1. The van der Waals surface area contributed by atoms with Gasteiger partial charge in [0.2, 0.25) is 0 Å². The monoisotopic (exact) mass is 289 g/mol. The Labute approximate surface area is 115 Å². The summed E-state index contributed by atoms with van der Waals surface area (Å²) in [6.07, 6.45) is -0.0728. The molecule has 0 aromatic heterocycles. The Kier molecular flexibility index (Phi) is 7.13. The maximum absolute atomic E-state index is 11.0. The molecule has 0 fully saturated rings. The molecule has 8 heteroatoms. The van der Waals surface area contributed by atoms with Crippen LogP contribution in [0.2, 0.25) is 0 Å². The molecule has 104 valence electrons. The summed E-state index contributed by atoms with van der Waals surface area (Å²) >= 11 is 0. The fraction of sp³-hybridized carbons (Fsp3) is 0.273. The minimum Gasteiger partial charge on any atom is -0.493 e. The Bertz CT molecular complexity index is 459. The Balaban J connectivity index is 0.00000324. The van der Waals surface area contributed by atoms with Gasteiger partial charge in [-0.2, -0.15) is 0 Å². The van der Waals surface area contributed by atoms with Crippen LogP contribution in [0.5, 0.6) is 5.75 Å². The van der Waals surface area contributed by atoms with Gasteiger partial charge in [0, 0.05) is 19.1 Å². The molecule has 0 aliphatic carbocycles. The normalized spacial score (nSPS) is 9.11. The highest BCUT2D eigenvalue weighted by atomic mass is 35.5. The van der Waals surface area contributed by atoms with Gasteiger partial charge in [0.15, 0.2) is 0 Å². The van der Waals surface area contributed by atoms with Crippen LogP contribution in [0.4, 0.5) is 5.69 Å². The number of nitrogens with zero attached hydrogens (tertiary/aromatic N) is 1. The van der Waals surface area contributed by atoms with Crippen molar-refractivity contribution in [3.63, 3.8) is 0 Å². The third kappa shape index (κ3) is 6.37. The van der Waals surface area contributed by atoms with Crippen LogP contribution in [0.15, 0.2) is 24.3 Å². The zero-order valence-corrected chi connectivity index (χ0v) is 10.8. The summed E-state index contributed by atoms with van der Waals surface area (Å²) in [4.78, 5) is 31.3. The summed E-state index contributed by atoms with van der Waals surface area (Å²) in [5.74, 6) is -0.948. The number of ether oxygens (including phenoxy) is 2. The Hall–Kier alpha value is -2.15. The smallest absolute Gasteiger partial charge is 0.316 e. The van der Waals surface area contributed by atoms with Gasteiger partial charge in [-0.15, -0.1) is 12.4 Å². The highest BCUT2D eigenvalue weighted by molar-refractivity contribution is 5.85. The van der Waals surface area contributed by atoms with E-state index in [1.54, 1.807) is 0 Å². The van der Waals surface area contributed by atoms with E-state index in [0.29, 0.717) is 5.75 Å². The number of halogens is 1. The average Bonchev–Trinajstić information content (AvgIpc) is 2.28. The van der Waals surface area contributed by atoms with Crippen molar-refractivity contribution in [1.82, 2.24) is 0 Å². The molecule has 0 amide bonds. The molecule has 0 atom stereocenters. The lowest BCUT2D eigenvalue weighted by molar-refractivity contribution is -0.384. The van der Waals surface area contributed by atoms with Gasteiger partial charge in [-0.3, -0.25) is 19.7 Å². The lowest BCUT2D eigenvalue weighted by atomic mass is 10.3. The van der Waals surface area contributed by atoms with Crippen molar-refractivity contribution >= 4 is 30.0 Å². The first-order chi connectivity index (χ1) is 8.49. The van der Waals surface area contributed by atoms with Crippen LogP contribution < -0.4 is 4.74 Å². The Morgan fingerprint density at radius 2 is 1.84 bits per heavy atom. The maximum atomic E-state index is 11.0. The molecule has 19 heavy (non-hydrogen) atoms. The fourth-order valence-corrected chi connectivity index (χ4v) is 1.13. The molecular formula is C11H12ClNO6. The number of hydrogen-bond donors (Lipinski definition) is 0. The van der Waals surface area contributed by atoms with E-state index < -0.39 is 16.9 Å². The number of esters is 2. The third-order valence-electron chi connectivity index (χ3n) is 1.88. The quantitative estimate of drug-likeness (QED) is 0.355. The van der Waals surface area contributed by atoms with Crippen molar-refractivity contribution in [2.45, 2.75) is 13.3 Å². The number of carbonyl (C=O) groups is 2. The van der Waals surface area contributed by atoms with Crippen LogP contribution in [0.3, 0.4) is 0 Å². The first-order valence-corrected chi connectivity index (χ1v) is 5.07. The van der Waals surface area contributed by atoms with Gasteiger partial charge in [0.1, 0.15) is 5.75 Å². The van der Waals surface area contributed by atoms with Crippen LogP contribution in [-0.2, 0) is 14.3 Å². The summed E-state index contributed by atoms with van der Waals surface area (Å²) in [6, 6.07) is 5.44. The molecule has 0 saturated carbocycles. The van der Waals surface area contributed by atoms with Crippen LogP contribution in [0.1, 0.15) is 13.3 Å². The van der Waals surface area contributed by atoms with Gasteiger partial charge in [0.05, 0.1) is 18.0 Å². The Morgan fingerprint density at radius 3 is 2.32 bits per heavy atom. The van der Waals surface area contributed by atoms with Gasteiger partial charge in [-0.1, -0.05) is 0 Å². The summed E-state index contributed by atoms with van der Waals surface area (Å²) in [5.41, 5.74) is -0.0432. The summed E-state index contributed by atoms with van der Waals surface area (Å²) < 4.78 is 9.45. The predicted octanol–water partition coefficient (Wildman–Crippen LogP) is 1.88. The van der Waals surface area contributed by atoms with Crippen molar-refractivity contribution in [3.05, 3.63) is 34.4 Å². The molecule has 7 nitrogen and oxygen atoms in total. The second kappa shape index (κ2) is 8.04. The molecule has 1 rings (SSSR count).